The molecule has 0 atom stereocenters. The van der Waals surface area contributed by atoms with Gasteiger partial charge < -0.3 is 10.2 Å². The second kappa shape index (κ2) is 5.66. The lowest BCUT2D eigenvalue weighted by atomic mass is 10.1. The summed E-state index contributed by atoms with van der Waals surface area (Å²) in [5, 5.41) is 3.54. The summed E-state index contributed by atoms with van der Waals surface area (Å²) in [4.78, 5) is 4.92. The molecule has 0 aliphatic carbocycles. The SMILES string of the molecule is Cc1cc(CNc2ccc(N(C)C)cc2C)c(C)s1. The maximum Gasteiger partial charge on any atom is 0.0411 e. The van der Waals surface area contributed by atoms with Crippen LogP contribution in [-0.4, -0.2) is 14.1 Å². The summed E-state index contributed by atoms with van der Waals surface area (Å²) in [5.74, 6) is 0. The molecule has 0 fully saturated rings. The Morgan fingerprint density at radius 2 is 1.84 bits per heavy atom. The third-order valence-corrected chi connectivity index (χ3v) is 4.35. The van der Waals surface area contributed by atoms with Gasteiger partial charge in [0.2, 0.25) is 0 Å². The lowest BCUT2D eigenvalue weighted by Gasteiger charge is -2.16. The lowest BCUT2D eigenvalue weighted by Crippen LogP contribution is -2.09. The summed E-state index contributed by atoms with van der Waals surface area (Å²) in [6, 6.07) is 8.81. The van der Waals surface area contributed by atoms with Gasteiger partial charge in [-0.2, -0.15) is 0 Å². The van der Waals surface area contributed by atoms with E-state index in [0.29, 0.717) is 0 Å². The Kier molecular flexibility index (Phi) is 4.15. The Labute approximate surface area is 120 Å². The van der Waals surface area contributed by atoms with E-state index in [4.69, 9.17) is 0 Å². The molecular formula is C16H22N2S. The molecule has 0 aliphatic heterocycles. The number of nitrogens with zero attached hydrogens (tertiary/aromatic N) is 1. The van der Waals surface area contributed by atoms with E-state index in [0.717, 1.165) is 6.54 Å². The molecule has 2 aromatic rings. The van der Waals surface area contributed by atoms with Gasteiger partial charge in [-0.15, -0.1) is 11.3 Å². The van der Waals surface area contributed by atoms with Gasteiger partial charge in [-0.25, -0.2) is 0 Å². The molecule has 2 nitrogen and oxygen atoms in total. The molecule has 1 aromatic heterocycles. The fraction of sp³-hybridized carbons (Fsp3) is 0.375. The highest BCUT2D eigenvalue weighted by molar-refractivity contribution is 7.12. The van der Waals surface area contributed by atoms with Crippen molar-refractivity contribution < 1.29 is 0 Å². The third-order valence-electron chi connectivity index (χ3n) is 3.34. The van der Waals surface area contributed by atoms with Gasteiger partial charge in [0.15, 0.2) is 0 Å². The van der Waals surface area contributed by atoms with Crippen LogP contribution < -0.4 is 10.2 Å². The molecule has 0 amide bonds. The van der Waals surface area contributed by atoms with Crippen LogP contribution in [0.15, 0.2) is 24.3 Å². The summed E-state index contributed by atoms with van der Waals surface area (Å²) in [6.45, 7) is 7.41. The van der Waals surface area contributed by atoms with Gasteiger partial charge >= 0.3 is 0 Å². The largest absolute Gasteiger partial charge is 0.381 e. The van der Waals surface area contributed by atoms with Gasteiger partial charge in [-0.3, -0.25) is 0 Å². The first-order valence-corrected chi connectivity index (χ1v) is 7.37. The Balaban J connectivity index is 2.10. The van der Waals surface area contributed by atoms with Crippen molar-refractivity contribution in [2.45, 2.75) is 27.3 Å². The van der Waals surface area contributed by atoms with E-state index in [1.165, 1.54) is 32.3 Å². The van der Waals surface area contributed by atoms with E-state index in [2.05, 4.69) is 69.3 Å². The minimum absolute atomic E-state index is 0.901. The summed E-state index contributed by atoms with van der Waals surface area (Å²) in [5.41, 5.74) is 5.15. The van der Waals surface area contributed by atoms with Gasteiger partial charge in [-0.1, -0.05) is 0 Å². The molecule has 1 aromatic carbocycles. The quantitative estimate of drug-likeness (QED) is 0.891. The summed E-state index contributed by atoms with van der Waals surface area (Å²) < 4.78 is 0. The van der Waals surface area contributed by atoms with Crippen molar-refractivity contribution in [2.24, 2.45) is 0 Å². The molecule has 3 heteroatoms. The van der Waals surface area contributed by atoms with Crippen LogP contribution in [0.25, 0.3) is 0 Å². The van der Waals surface area contributed by atoms with Crippen LogP contribution in [0.4, 0.5) is 11.4 Å². The molecule has 19 heavy (non-hydrogen) atoms. The summed E-state index contributed by atoms with van der Waals surface area (Å²) in [6.07, 6.45) is 0. The van der Waals surface area contributed by atoms with Crippen molar-refractivity contribution in [3.05, 3.63) is 45.1 Å². The van der Waals surface area contributed by atoms with Crippen LogP contribution in [-0.2, 0) is 6.54 Å². The van der Waals surface area contributed by atoms with Crippen LogP contribution in [0.3, 0.4) is 0 Å². The van der Waals surface area contributed by atoms with Crippen molar-refractivity contribution in [3.63, 3.8) is 0 Å². The lowest BCUT2D eigenvalue weighted by molar-refractivity contribution is 1.11. The van der Waals surface area contributed by atoms with Crippen molar-refractivity contribution in [3.8, 4) is 0 Å². The molecule has 1 N–H and O–H groups in total. The molecular weight excluding hydrogens is 252 g/mol. The molecule has 0 saturated carbocycles. The van der Waals surface area contributed by atoms with E-state index >= 15 is 0 Å². The predicted molar refractivity (Wildman–Crippen MR) is 86.6 cm³/mol. The average molecular weight is 274 g/mol. The number of nitrogens with one attached hydrogen (secondary N) is 1. The number of aryl methyl sites for hydroxylation is 3. The first-order valence-electron chi connectivity index (χ1n) is 6.55. The minimum atomic E-state index is 0.901. The highest BCUT2D eigenvalue weighted by atomic mass is 32.1. The zero-order valence-electron chi connectivity index (χ0n) is 12.4. The van der Waals surface area contributed by atoms with Crippen LogP contribution in [0.2, 0.25) is 0 Å². The standard InChI is InChI=1S/C16H22N2S/c1-11-8-15(18(4)5)6-7-16(11)17-10-14-9-12(2)19-13(14)3/h6-9,17H,10H2,1-5H3. The van der Waals surface area contributed by atoms with Gasteiger partial charge in [0.05, 0.1) is 0 Å². The Hall–Kier alpha value is -1.48. The second-order valence-electron chi connectivity index (χ2n) is 5.19. The first kappa shape index (κ1) is 13.9. The van der Waals surface area contributed by atoms with E-state index in [1.54, 1.807) is 0 Å². The smallest absolute Gasteiger partial charge is 0.0411 e. The van der Waals surface area contributed by atoms with E-state index in [9.17, 15) is 0 Å². The zero-order chi connectivity index (χ0) is 14.0. The Morgan fingerprint density at radius 1 is 1.11 bits per heavy atom. The topological polar surface area (TPSA) is 15.3 Å². The molecule has 0 unspecified atom stereocenters. The van der Waals surface area contributed by atoms with Crippen molar-refractivity contribution >= 4 is 22.7 Å². The van der Waals surface area contributed by atoms with Gasteiger partial charge in [-0.05, 0) is 56.2 Å². The van der Waals surface area contributed by atoms with E-state index in [-0.39, 0.29) is 0 Å². The number of rotatable bonds is 4. The number of benzene rings is 1. The maximum absolute atomic E-state index is 3.54. The molecule has 0 radical (unpaired) electrons. The molecule has 1 heterocycles. The van der Waals surface area contributed by atoms with E-state index in [1.807, 2.05) is 11.3 Å². The number of hydrogen-bond donors (Lipinski definition) is 1. The van der Waals surface area contributed by atoms with Gasteiger partial charge in [0.1, 0.15) is 0 Å². The van der Waals surface area contributed by atoms with Gasteiger partial charge in [0.25, 0.3) is 0 Å². The molecule has 0 aliphatic rings. The van der Waals surface area contributed by atoms with Gasteiger partial charge in [0, 0.05) is 41.8 Å². The number of thiophene rings is 1. The second-order valence-corrected chi connectivity index (χ2v) is 6.65. The van der Waals surface area contributed by atoms with Crippen molar-refractivity contribution in [1.82, 2.24) is 0 Å². The van der Waals surface area contributed by atoms with Crippen LogP contribution in [0.5, 0.6) is 0 Å². The molecule has 102 valence electrons. The Bertz CT molecular complexity index is 570. The highest BCUT2D eigenvalue weighted by Gasteiger charge is 2.05. The number of anilines is 2. The molecule has 0 bridgehead atoms. The molecule has 0 saturated heterocycles. The first-order chi connectivity index (χ1) is 8.97. The minimum Gasteiger partial charge on any atom is -0.381 e. The summed E-state index contributed by atoms with van der Waals surface area (Å²) >= 11 is 1.87. The van der Waals surface area contributed by atoms with Crippen LogP contribution in [0, 0.1) is 20.8 Å². The maximum atomic E-state index is 3.54. The molecule has 0 spiro atoms. The van der Waals surface area contributed by atoms with Crippen molar-refractivity contribution in [1.29, 1.82) is 0 Å². The molecule has 2 rings (SSSR count). The normalized spacial score (nSPS) is 10.6. The third kappa shape index (κ3) is 3.29. The van der Waals surface area contributed by atoms with Crippen LogP contribution in [0.1, 0.15) is 20.9 Å². The Morgan fingerprint density at radius 3 is 2.37 bits per heavy atom. The number of hydrogen-bond acceptors (Lipinski definition) is 3. The van der Waals surface area contributed by atoms with Crippen molar-refractivity contribution in [2.75, 3.05) is 24.3 Å². The fourth-order valence-electron chi connectivity index (χ4n) is 2.17. The summed E-state index contributed by atoms with van der Waals surface area (Å²) in [7, 11) is 4.14. The fourth-order valence-corrected chi connectivity index (χ4v) is 3.12. The van der Waals surface area contributed by atoms with Crippen LogP contribution >= 0.6 is 11.3 Å². The highest BCUT2D eigenvalue weighted by Crippen LogP contribution is 2.24. The average Bonchev–Trinajstić information content (AvgIpc) is 2.66. The van der Waals surface area contributed by atoms with E-state index < -0.39 is 0 Å². The monoisotopic (exact) mass is 274 g/mol. The zero-order valence-corrected chi connectivity index (χ0v) is 13.2. The predicted octanol–water partition coefficient (Wildman–Crippen LogP) is 4.35.